The number of hydrogen-bond acceptors (Lipinski definition) is 3. The Morgan fingerprint density at radius 1 is 1.35 bits per heavy atom. The van der Waals surface area contributed by atoms with Crippen molar-refractivity contribution in [1.29, 1.82) is 0 Å². The second-order valence-electron chi connectivity index (χ2n) is 3.94. The predicted molar refractivity (Wildman–Crippen MR) is 55.6 cm³/mol. The zero-order chi connectivity index (χ0) is 12.3. The van der Waals surface area contributed by atoms with Crippen LogP contribution in [0, 0.1) is 0 Å². The van der Waals surface area contributed by atoms with Gasteiger partial charge in [-0.3, -0.25) is 5.32 Å². The van der Waals surface area contributed by atoms with E-state index in [1.54, 1.807) is 12.1 Å². The molecule has 17 heavy (non-hydrogen) atoms. The summed E-state index contributed by atoms with van der Waals surface area (Å²) in [6.07, 6.45) is -1.48. The van der Waals surface area contributed by atoms with Crippen molar-refractivity contribution in [3.63, 3.8) is 0 Å². The topological polar surface area (TPSA) is 34.1 Å². The summed E-state index contributed by atoms with van der Waals surface area (Å²) < 4.78 is 41.7. The lowest BCUT2D eigenvalue weighted by Gasteiger charge is -2.09. The van der Waals surface area contributed by atoms with Crippen LogP contribution in [0.25, 0.3) is 0 Å². The SMILES string of the molecule is FC(F)C(F)NCc1ccc(OC2CC2)nc1. The average molecular weight is 246 g/mol. The highest BCUT2D eigenvalue weighted by atomic mass is 19.3. The van der Waals surface area contributed by atoms with Gasteiger partial charge >= 0.3 is 0 Å². The maximum absolute atomic E-state index is 12.6. The normalized spacial score (nSPS) is 17.2. The fourth-order valence-electron chi connectivity index (χ4n) is 1.25. The lowest BCUT2D eigenvalue weighted by Crippen LogP contribution is -2.30. The van der Waals surface area contributed by atoms with E-state index in [1.807, 2.05) is 0 Å². The molecular formula is C11H13F3N2O. The van der Waals surface area contributed by atoms with Crippen LogP contribution in [0.2, 0.25) is 0 Å². The highest BCUT2D eigenvalue weighted by Crippen LogP contribution is 2.25. The van der Waals surface area contributed by atoms with Crippen LogP contribution in [0.15, 0.2) is 18.3 Å². The van der Waals surface area contributed by atoms with E-state index in [2.05, 4.69) is 10.3 Å². The van der Waals surface area contributed by atoms with Gasteiger partial charge in [-0.15, -0.1) is 0 Å². The molecule has 3 nitrogen and oxygen atoms in total. The first-order chi connectivity index (χ1) is 8.15. The number of nitrogens with zero attached hydrogens (tertiary/aromatic N) is 1. The van der Waals surface area contributed by atoms with Gasteiger partial charge in [0.2, 0.25) is 12.2 Å². The van der Waals surface area contributed by atoms with E-state index in [0.29, 0.717) is 11.4 Å². The Morgan fingerprint density at radius 2 is 2.12 bits per heavy atom. The van der Waals surface area contributed by atoms with Crippen molar-refractivity contribution in [2.75, 3.05) is 0 Å². The third kappa shape index (κ3) is 3.89. The molecule has 6 heteroatoms. The van der Waals surface area contributed by atoms with Gasteiger partial charge in [-0.25, -0.2) is 18.2 Å². The minimum absolute atomic E-state index is 0.0161. The van der Waals surface area contributed by atoms with Crippen LogP contribution in [0.4, 0.5) is 13.2 Å². The second-order valence-corrected chi connectivity index (χ2v) is 3.94. The van der Waals surface area contributed by atoms with Gasteiger partial charge in [0.05, 0.1) is 0 Å². The molecule has 1 heterocycles. The summed E-state index contributed by atoms with van der Waals surface area (Å²) in [5.41, 5.74) is 0.636. The molecule has 1 saturated carbocycles. The van der Waals surface area contributed by atoms with Gasteiger partial charge in [0.15, 0.2) is 0 Å². The second kappa shape index (κ2) is 5.35. The summed E-state index contributed by atoms with van der Waals surface area (Å²) in [5, 5.41) is 2.07. The Hall–Kier alpha value is -1.30. The van der Waals surface area contributed by atoms with Gasteiger partial charge in [-0.2, -0.15) is 0 Å². The first-order valence-electron chi connectivity index (χ1n) is 5.42. The molecule has 0 aliphatic heterocycles. The van der Waals surface area contributed by atoms with Crippen molar-refractivity contribution in [3.8, 4) is 5.88 Å². The van der Waals surface area contributed by atoms with E-state index in [-0.39, 0.29) is 12.6 Å². The van der Waals surface area contributed by atoms with E-state index < -0.39 is 12.7 Å². The molecule has 0 saturated heterocycles. The molecule has 1 aromatic rings. The number of alkyl halides is 3. The van der Waals surface area contributed by atoms with Crippen LogP contribution in [0.5, 0.6) is 5.88 Å². The standard InChI is InChI=1S/C11H13F3N2O/c12-10(13)11(14)16-6-7-1-4-9(15-5-7)17-8-2-3-8/h1,4-5,8,10-11,16H,2-3,6H2. The first-order valence-corrected chi connectivity index (χ1v) is 5.42. The number of nitrogens with one attached hydrogen (secondary N) is 1. The summed E-state index contributed by atoms with van der Waals surface area (Å²) in [7, 11) is 0. The molecule has 0 radical (unpaired) electrons. The van der Waals surface area contributed by atoms with Crippen LogP contribution in [0.1, 0.15) is 18.4 Å². The Morgan fingerprint density at radius 3 is 2.65 bits per heavy atom. The maximum Gasteiger partial charge on any atom is 0.282 e. The molecule has 1 atom stereocenters. The highest BCUT2D eigenvalue weighted by Gasteiger charge is 2.23. The van der Waals surface area contributed by atoms with Crippen LogP contribution in [-0.2, 0) is 6.54 Å². The zero-order valence-corrected chi connectivity index (χ0v) is 9.07. The lowest BCUT2D eigenvalue weighted by atomic mass is 10.3. The molecule has 1 unspecified atom stereocenters. The van der Waals surface area contributed by atoms with E-state index >= 15 is 0 Å². The maximum atomic E-state index is 12.6. The van der Waals surface area contributed by atoms with Crippen LogP contribution in [-0.4, -0.2) is 23.8 Å². The quantitative estimate of drug-likeness (QED) is 0.782. The smallest absolute Gasteiger partial charge is 0.282 e. The number of pyridine rings is 1. The summed E-state index contributed by atoms with van der Waals surface area (Å²) in [6, 6.07) is 3.33. The molecule has 1 aliphatic rings. The van der Waals surface area contributed by atoms with Crippen molar-refractivity contribution >= 4 is 0 Å². The van der Waals surface area contributed by atoms with Gasteiger partial charge in [-0.1, -0.05) is 6.07 Å². The molecular weight excluding hydrogens is 233 g/mol. The predicted octanol–water partition coefficient (Wildman–Crippen LogP) is 2.27. The van der Waals surface area contributed by atoms with E-state index in [0.717, 1.165) is 12.8 Å². The number of rotatable bonds is 6. The summed E-state index contributed by atoms with van der Waals surface area (Å²) in [5.74, 6) is 0.516. The number of ether oxygens (including phenoxy) is 1. The molecule has 0 aromatic carbocycles. The van der Waals surface area contributed by atoms with Gasteiger partial charge in [-0.05, 0) is 18.4 Å². The fraction of sp³-hybridized carbons (Fsp3) is 0.545. The van der Waals surface area contributed by atoms with E-state index in [1.165, 1.54) is 6.20 Å². The monoisotopic (exact) mass is 246 g/mol. The highest BCUT2D eigenvalue weighted by molar-refractivity contribution is 5.18. The van der Waals surface area contributed by atoms with Crippen molar-refractivity contribution in [1.82, 2.24) is 10.3 Å². The van der Waals surface area contributed by atoms with Crippen molar-refractivity contribution < 1.29 is 17.9 Å². The van der Waals surface area contributed by atoms with E-state index in [9.17, 15) is 13.2 Å². The number of hydrogen-bond donors (Lipinski definition) is 1. The Bertz CT molecular complexity index is 354. The van der Waals surface area contributed by atoms with Gasteiger partial charge in [0.1, 0.15) is 6.10 Å². The van der Waals surface area contributed by atoms with Gasteiger partial charge in [0.25, 0.3) is 6.43 Å². The zero-order valence-electron chi connectivity index (χ0n) is 9.07. The molecule has 0 amide bonds. The summed E-state index contributed by atoms with van der Waals surface area (Å²) >= 11 is 0. The van der Waals surface area contributed by atoms with E-state index in [4.69, 9.17) is 4.74 Å². The molecule has 1 N–H and O–H groups in total. The number of aromatic nitrogens is 1. The minimum atomic E-state index is -3.01. The minimum Gasteiger partial charge on any atom is -0.474 e. The summed E-state index contributed by atoms with van der Waals surface area (Å²) in [4.78, 5) is 4.01. The molecule has 1 fully saturated rings. The Balaban J connectivity index is 1.80. The average Bonchev–Trinajstić information content (AvgIpc) is 3.11. The molecule has 0 spiro atoms. The van der Waals surface area contributed by atoms with Crippen molar-refractivity contribution in [2.24, 2.45) is 0 Å². The fourth-order valence-corrected chi connectivity index (χ4v) is 1.25. The summed E-state index contributed by atoms with van der Waals surface area (Å²) in [6.45, 7) is 0.0161. The third-order valence-corrected chi connectivity index (χ3v) is 2.33. The molecule has 94 valence electrons. The molecule has 1 aromatic heterocycles. The van der Waals surface area contributed by atoms with Crippen molar-refractivity contribution in [2.45, 2.75) is 38.2 Å². The largest absolute Gasteiger partial charge is 0.474 e. The van der Waals surface area contributed by atoms with Crippen molar-refractivity contribution in [3.05, 3.63) is 23.9 Å². The third-order valence-electron chi connectivity index (χ3n) is 2.33. The first kappa shape index (κ1) is 12.2. The van der Waals surface area contributed by atoms with Gasteiger partial charge < -0.3 is 4.74 Å². The molecule has 0 bridgehead atoms. The number of halogens is 3. The van der Waals surface area contributed by atoms with Crippen LogP contribution < -0.4 is 10.1 Å². The molecule has 2 rings (SSSR count). The van der Waals surface area contributed by atoms with Crippen LogP contribution in [0.3, 0.4) is 0 Å². The van der Waals surface area contributed by atoms with Crippen LogP contribution >= 0.6 is 0 Å². The van der Waals surface area contributed by atoms with Gasteiger partial charge in [0, 0.05) is 18.8 Å². The molecule has 1 aliphatic carbocycles. The Kier molecular flexibility index (Phi) is 3.83. The Labute approximate surface area is 97.0 Å². The lowest BCUT2D eigenvalue weighted by molar-refractivity contribution is 0.0298.